The lowest BCUT2D eigenvalue weighted by molar-refractivity contribution is 0.0946. The van der Waals surface area contributed by atoms with Crippen LogP contribution in [0, 0.1) is 13.8 Å². The second-order valence-corrected chi connectivity index (χ2v) is 4.05. The van der Waals surface area contributed by atoms with E-state index in [1.807, 2.05) is 32.0 Å². The number of hydrogen-bond acceptors (Lipinski definition) is 2. The van der Waals surface area contributed by atoms with Crippen molar-refractivity contribution in [3.05, 3.63) is 53.1 Å². The molecule has 0 atom stereocenters. The van der Waals surface area contributed by atoms with Gasteiger partial charge in [0.25, 0.3) is 5.91 Å². The third-order valence-corrected chi connectivity index (χ3v) is 2.58. The number of carbonyl (C=O) groups excluding carboxylic acids is 1. The maximum Gasteiger partial charge on any atom is 0.272 e. The second kappa shape index (κ2) is 4.82. The summed E-state index contributed by atoms with van der Waals surface area (Å²) in [7, 11) is 0. The Hall–Kier alpha value is -2.10. The maximum atomic E-state index is 11.8. The van der Waals surface area contributed by atoms with E-state index >= 15 is 0 Å². The van der Waals surface area contributed by atoms with Crippen molar-refractivity contribution >= 4 is 5.91 Å². The molecule has 0 spiro atoms. The van der Waals surface area contributed by atoms with Gasteiger partial charge in [0.1, 0.15) is 5.69 Å². The molecule has 0 aliphatic rings. The number of H-pyrrole nitrogens is 1. The van der Waals surface area contributed by atoms with Crippen molar-refractivity contribution in [2.24, 2.45) is 0 Å². The van der Waals surface area contributed by atoms with Crippen LogP contribution >= 0.6 is 0 Å². The number of aromatic nitrogens is 2. The molecule has 0 saturated carbocycles. The third-order valence-electron chi connectivity index (χ3n) is 2.58. The Balaban J connectivity index is 1.99. The van der Waals surface area contributed by atoms with Crippen molar-refractivity contribution in [1.82, 2.24) is 15.3 Å². The first kappa shape index (κ1) is 11.4. The zero-order valence-corrected chi connectivity index (χ0v) is 9.95. The van der Waals surface area contributed by atoms with E-state index in [0.717, 1.165) is 11.3 Å². The van der Waals surface area contributed by atoms with Crippen molar-refractivity contribution in [1.29, 1.82) is 0 Å². The lowest BCUT2D eigenvalue weighted by Crippen LogP contribution is -2.23. The highest BCUT2D eigenvalue weighted by Gasteiger charge is 2.10. The molecule has 0 fully saturated rings. The first-order valence-electron chi connectivity index (χ1n) is 5.50. The Morgan fingerprint density at radius 2 is 2.24 bits per heavy atom. The molecule has 1 aromatic heterocycles. The average Bonchev–Trinajstić information content (AvgIpc) is 2.72. The molecule has 1 aromatic carbocycles. The molecule has 1 heterocycles. The summed E-state index contributed by atoms with van der Waals surface area (Å²) in [4.78, 5) is 18.7. The van der Waals surface area contributed by atoms with Crippen LogP contribution in [0.1, 0.15) is 27.3 Å². The molecule has 2 rings (SSSR count). The molecule has 17 heavy (non-hydrogen) atoms. The second-order valence-electron chi connectivity index (χ2n) is 4.05. The van der Waals surface area contributed by atoms with Crippen LogP contribution in [0.15, 0.2) is 30.6 Å². The van der Waals surface area contributed by atoms with Crippen LogP contribution in [0.2, 0.25) is 0 Å². The molecule has 0 bridgehead atoms. The molecular formula is C13H15N3O. The summed E-state index contributed by atoms with van der Waals surface area (Å²) >= 11 is 0. The molecule has 0 saturated heterocycles. The monoisotopic (exact) mass is 229 g/mol. The Morgan fingerprint density at radius 3 is 2.88 bits per heavy atom. The minimum Gasteiger partial charge on any atom is -0.348 e. The summed E-state index contributed by atoms with van der Waals surface area (Å²) < 4.78 is 0. The molecule has 88 valence electrons. The number of imidazole rings is 1. The van der Waals surface area contributed by atoms with E-state index in [1.165, 1.54) is 11.9 Å². The summed E-state index contributed by atoms with van der Waals surface area (Å²) in [5.74, 6) is -0.148. The van der Waals surface area contributed by atoms with Crippen molar-refractivity contribution in [2.75, 3.05) is 0 Å². The van der Waals surface area contributed by atoms with Gasteiger partial charge in [-0.25, -0.2) is 4.98 Å². The van der Waals surface area contributed by atoms with Crippen LogP contribution in [0.3, 0.4) is 0 Å². The van der Waals surface area contributed by atoms with E-state index in [0.29, 0.717) is 12.2 Å². The molecular weight excluding hydrogens is 214 g/mol. The molecule has 1 amide bonds. The largest absolute Gasteiger partial charge is 0.348 e. The van der Waals surface area contributed by atoms with Gasteiger partial charge in [-0.3, -0.25) is 4.79 Å². The fourth-order valence-electron chi connectivity index (χ4n) is 1.68. The summed E-state index contributed by atoms with van der Waals surface area (Å²) in [5, 5.41) is 2.85. The van der Waals surface area contributed by atoms with Gasteiger partial charge in [-0.05, 0) is 19.4 Å². The molecule has 4 nitrogen and oxygen atoms in total. The zero-order valence-electron chi connectivity index (χ0n) is 9.95. The first-order valence-corrected chi connectivity index (χ1v) is 5.50. The number of hydrogen-bond donors (Lipinski definition) is 2. The number of carbonyl (C=O) groups is 1. The number of nitrogens with zero attached hydrogens (tertiary/aromatic N) is 1. The van der Waals surface area contributed by atoms with Gasteiger partial charge in [0, 0.05) is 12.2 Å². The standard InChI is InChI=1S/C13H15N3O/c1-9-4-3-5-11(6-9)7-14-13(17)12-10(2)15-8-16-12/h3-6,8H,7H2,1-2H3,(H,14,17)(H,15,16). The van der Waals surface area contributed by atoms with E-state index in [2.05, 4.69) is 21.4 Å². The van der Waals surface area contributed by atoms with Crippen LogP contribution in [-0.2, 0) is 6.54 Å². The van der Waals surface area contributed by atoms with Crippen molar-refractivity contribution in [3.63, 3.8) is 0 Å². The van der Waals surface area contributed by atoms with Gasteiger partial charge in [-0.15, -0.1) is 0 Å². The Labute approximate surface area is 100 Å². The van der Waals surface area contributed by atoms with Crippen LogP contribution < -0.4 is 5.32 Å². The normalized spacial score (nSPS) is 10.2. The summed E-state index contributed by atoms with van der Waals surface area (Å²) in [6.45, 7) is 4.38. The van der Waals surface area contributed by atoms with E-state index < -0.39 is 0 Å². The average molecular weight is 229 g/mol. The number of aromatic amines is 1. The van der Waals surface area contributed by atoms with Gasteiger partial charge in [0.15, 0.2) is 0 Å². The Bertz CT molecular complexity index is 531. The Kier molecular flexibility index (Phi) is 3.23. The Morgan fingerprint density at radius 1 is 1.41 bits per heavy atom. The predicted octanol–water partition coefficient (Wildman–Crippen LogP) is 1.96. The SMILES string of the molecule is Cc1cccc(CNC(=O)c2nc[nH]c2C)c1. The van der Waals surface area contributed by atoms with Crippen LogP contribution in [0.4, 0.5) is 0 Å². The fourth-order valence-corrected chi connectivity index (χ4v) is 1.68. The van der Waals surface area contributed by atoms with Gasteiger partial charge in [-0.2, -0.15) is 0 Å². The molecule has 2 aromatic rings. The number of nitrogens with one attached hydrogen (secondary N) is 2. The lowest BCUT2D eigenvalue weighted by Gasteiger charge is -2.05. The summed E-state index contributed by atoms with van der Waals surface area (Å²) in [5.41, 5.74) is 3.52. The van der Waals surface area contributed by atoms with Crippen molar-refractivity contribution < 1.29 is 4.79 Å². The molecule has 0 aliphatic carbocycles. The molecule has 0 radical (unpaired) electrons. The number of amides is 1. The number of aryl methyl sites for hydroxylation is 2. The van der Waals surface area contributed by atoms with Gasteiger partial charge in [0.05, 0.1) is 6.33 Å². The van der Waals surface area contributed by atoms with E-state index in [4.69, 9.17) is 0 Å². The minimum atomic E-state index is -0.148. The highest BCUT2D eigenvalue weighted by molar-refractivity contribution is 5.93. The van der Waals surface area contributed by atoms with Gasteiger partial charge in [-0.1, -0.05) is 29.8 Å². The zero-order chi connectivity index (χ0) is 12.3. The molecule has 2 N–H and O–H groups in total. The van der Waals surface area contributed by atoms with Crippen LogP contribution in [0.25, 0.3) is 0 Å². The number of benzene rings is 1. The topological polar surface area (TPSA) is 57.8 Å². The molecule has 4 heteroatoms. The van der Waals surface area contributed by atoms with Crippen LogP contribution in [0.5, 0.6) is 0 Å². The lowest BCUT2D eigenvalue weighted by atomic mass is 10.1. The molecule has 0 aliphatic heterocycles. The van der Waals surface area contributed by atoms with Crippen molar-refractivity contribution in [3.8, 4) is 0 Å². The van der Waals surface area contributed by atoms with E-state index in [-0.39, 0.29) is 5.91 Å². The quantitative estimate of drug-likeness (QED) is 0.845. The fraction of sp³-hybridized carbons (Fsp3) is 0.231. The van der Waals surface area contributed by atoms with Crippen molar-refractivity contribution in [2.45, 2.75) is 20.4 Å². The van der Waals surface area contributed by atoms with Gasteiger partial charge >= 0.3 is 0 Å². The first-order chi connectivity index (χ1) is 8.16. The van der Waals surface area contributed by atoms with E-state index in [1.54, 1.807) is 0 Å². The van der Waals surface area contributed by atoms with E-state index in [9.17, 15) is 4.79 Å². The summed E-state index contributed by atoms with van der Waals surface area (Å²) in [6.07, 6.45) is 1.52. The van der Waals surface area contributed by atoms with Gasteiger partial charge in [0.2, 0.25) is 0 Å². The highest BCUT2D eigenvalue weighted by Crippen LogP contribution is 2.05. The predicted molar refractivity (Wildman–Crippen MR) is 65.7 cm³/mol. The minimum absolute atomic E-state index is 0.148. The molecule has 0 unspecified atom stereocenters. The smallest absolute Gasteiger partial charge is 0.272 e. The highest BCUT2D eigenvalue weighted by atomic mass is 16.1. The van der Waals surface area contributed by atoms with Gasteiger partial charge < -0.3 is 10.3 Å². The van der Waals surface area contributed by atoms with Crippen LogP contribution in [-0.4, -0.2) is 15.9 Å². The summed E-state index contributed by atoms with van der Waals surface area (Å²) in [6, 6.07) is 8.06. The maximum absolute atomic E-state index is 11.8. The number of rotatable bonds is 3. The third kappa shape index (κ3) is 2.72.